The summed E-state index contributed by atoms with van der Waals surface area (Å²) in [5.41, 5.74) is 0.628. The average molecular weight is 174 g/mol. The molecule has 0 aromatic carbocycles. The molecule has 13 heavy (non-hydrogen) atoms. The van der Waals surface area contributed by atoms with Crippen molar-refractivity contribution >= 4 is 6.29 Å². The Bertz CT molecular complexity index is 363. The molecule has 0 aliphatic heterocycles. The Labute approximate surface area is 76.4 Å². The van der Waals surface area contributed by atoms with E-state index in [0.717, 1.165) is 12.7 Å². The van der Waals surface area contributed by atoms with E-state index in [1.807, 2.05) is 16.8 Å². The van der Waals surface area contributed by atoms with Crippen molar-refractivity contribution in [3.8, 4) is 0 Å². The quantitative estimate of drug-likeness (QED) is 0.640. The van der Waals surface area contributed by atoms with Crippen molar-refractivity contribution < 1.29 is 4.79 Å². The molecule has 3 heteroatoms. The lowest BCUT2D eigenvalue weighted by atomic mass is 10.1. The van der Waals surface area contributed by atoms with E-state index in [1.165, 1.54) is 0 Å². The van der Waals surface area contributed by atoms with Crippen LogP contribution in [0.5, 0.6) is 0 Å². The van der Waals surface area contributed by atoms with Gasteiger partial charge in [0.15, 0.2) is 6.29 Å². The molecule has 1 unspecified atom stereocenters. The number of carbonyl (C=O) groups is 1. The number of aldehydes is 1. The van der Waals surface area contributed by atoms with Crippen molar-refractivity contribution in [1.29, 1.82) is 0 Å². The maximum absolute atomic E-state index is 10.4. The fraction of sp³-hybridized carbons (Fsp3) is 0.200. The third kappa shape index (κ3) is 1.59. The monoisotopic (exact) mass is 174 g/mol. The van der Waals surface area contributed by atoms with Crippen molar-refractivity contribution in [2.75, 3.05) is 0 Å². The zero-order valence-electron chi connectivity index (χ0n) is 7.13. The van der Waals surface area contributed by atoms with Gasteiger partial charge in [-0.25, -0.2) is 0 Å². The van der Waals surface area contributed by atoms with Crippen LogP contribution in [-0.4, -0.2) is 16.1 Å². The van der Waals surface area contributed by atoms with E-state index >= 15 is 0 Å². The Kier molecular flexibility index (Phi) is 2.08. The minimum atomic E-state index is 0.263. The lowest BCUT2D eigenvalue weighted by Gasteiger charge is -2.12. The van der Waals surface area contributed by atoms with Gasteiger partial charge in [-0.1, -0.05) is 24.3 Å². The maximum Gasteiger partial charge on any atom is 0.153 e. The van der Waals surface area contributed by atoms with E-state index < -0.39 is 0 Å². The van der Waals surface area contributed by atoms with Crippen molar-refractivity contribution in [3.63, 3.8) is 0 Å². The number of aromatic nitrogens is 2. The molecular weight excluding hydrogens is 164 g/mol. The van der Waals surface area contributed by atoms with Crippen LogP contribution in [-0.2, 0) is 0 Å². The topological polar surface area (TPSA) is 34.9 Å². The van der Waals surface area contributed by atoms with Crippen molar-refractivity contribution in [2.24, 2.45) is 0 Å². The number of carbonyl (C=O) groups excluding carboxylic acids is 1. The van der Waals surface area contributed by atoms with Crippen LogP contribution in [0.25, 0.3) is 0 Å². The summed E-state index contributed by atoms with van der Waals surface area (Å²) in [4.78, 5) is 10.4. The van der Waals surface area contributed by atoms with Gasteiger partial charge in [-0.15, -0.1) is 0 Å². The Hall–Kier alpha value is -1.64. The SMILES string of the molecule is O=Cc1cnn(C2C=CC=CC2)c1. The Balaban J connectivity index is 2.20. The molecule has 1 atom stereocenters. The highest BCUT2D eigenvalue weighted by molar-refractivity contribution is 5.73. The van der Waals surface area contributed by atoms with Crippen LogP contribution in [0.3, 0.4) is 0 Å². The molecule has 0 N–H and O–H groups in total. The third-order valence-corrected chi connectivity index (χ3v) is 2.06. The molecule has 1 aromatic heterocycles. The molecular formula is C10H10N2O. The van der Waals surface area contributed by atoms with Gasteiger partial charge in [-0.05, 0) is 6.42 Å². The molecule has 0 bridgehead atoms. The number of nitrogens with zero attached hydrogens (tertiary/aromatic N) is 2. The molecule has 0 saturated carbocycles. The van der Waals surface area contributed by atoms with Gasteiger partial charge in [0.2, 0.25) is 0 Å². The minimum absolute atomic E-state index is 0.263. The summed E-state index contributed by atoms with van der Waals surface area (Å²) in [6.45, 7) is 0. The molecule has 66 valence electrons. The van der Waals surface area contributed by atoms with E-state index in [2.05, 4.69) is 17.3 Å². The van der Waals surface area contributed by atoms with Crippen LogP contribution in [0.4, 0.5) is 0 Å². The third-order valence-electron chi connectivity index (χ3n) is 2.06. The first-order chi connectivity index (χ1) is 6.40. The van der Waals surface area contributed by atoms with Crippen LogP contribution in [0.2, 0.25) is 0 Å². The van der Waals surface area contributed by atoms with E-state index in [9.17, 15) is 4.79 Å². The lowest BCUT2D eigenvalue weighted by Crippen LogP contribution is -2.07. The largest absolute Gasteiger partial charge is 0.298 e. The second-order valence-electron chi connectivity index (χ2n) is 2.99. The molecule has 1 heterocycles. The van der Waals surface area contributed by atoms with Gasteiger partial charge < -0.3 is 0 Å². The number of allylic oxidation sites excluding steroid dienone is 4. The van der Waals surface area contributed by atoms with Gasteiger partial charge in [0, 0.05) is 6.20 Å². The smallest absolute Gasteiger partial charge is 0.153 e. The predicted molar refractivity (Wildman–Crippen MR) is 49.5 cm³/mol. The second-order valence-corrected chi connectivity index (χ2v) is 2.99. The van der Waals surface area contributed by atoms with Crippen LogP contribution >= 0.6 is 0 Å². The van der Waals surface area contributed by atoms with Gasteiger partial charge in [-0.3, -0.25) is 9.48 Å². The summed E-state index contributed by atoms with van der Waals surface area (Å²) in [6.07, 6.45) is 13.3. The highest BCUT2D eigenvalue weighted by atomic mass is 16.1. The van der Waals surface area contributed by atoms with Gasteiger partial charge >= 0.3 is 0 Å². The molecule has 0 fully saturated rings. The first kappa shape index (κ1) is 7.98. The number of hydrogen-bond acceptors (Lipinski definition) is 2. The summed E-state index contributed by atoms with van der Waals surface area (Å²) in [5.74, 6) is 0. The fourth-order valence-corrected chi connectivity index (χ4v) is 1.36. The van der Waals surface area contributed by atoms with Crippen molar-refractivity contribution in [2.45, 2.75) is 12.5 Å². The van der Waals surface area contributed by atoms with Gasteiger partial charge in [0.25, 0.3) is 0 Å². The summed E-state index contributed by atoms with van der Waals surface area (Å²) in [7, 11) is 0. The molecule has 1 aliphatic carbocycles. The molecule has 2 rings (SSSR count). The van der Waals surface area contributed by atoms with Gasteiger partial charge in [-0.2, -0.15) is 5.10 Å². The zero-order chi connectivity index (χ0) is 9.10. The van der Waals surface area contributed by atoms with Crippen LogP contribution in [0, 0.1) is 0 Å². The molecule has 0 spiro atoms. The second kappa shape index (κ2) is 3.39. The van der Waals surface area contributed by atoms with E-state index in [1.54, 1.807) is 12.4 Å². The molecule has 0 amide bonds. The fourth-order valence-electron chi connectivity index (χ4n) is 1.36. The summed E-state index contributed by atoms with van der Waals surface area (Å²) in [5, 5.41) is 4.11. The normalized spacial score (nSPS) is 20.5. The molecule has 3 nitrogen and oxygen atoms in total. The van der Waals surface area contributed by atoms with E-state index in [0.29, 0.717) is 5.56 Å². The van der Waals surface area contributed by atoms with Crippen molar-refractivity contribution in [1.82, 2.24) is 9.78 Å². The molecule has 0 saturated heterocycles. The highest BCUT2D eigenvalue weighted by Gasteiger charge is 2.08. The molecule has 1 aliphatic rings. The van der Waals surface area contributed by atoms with Gasteiger partial charge in [0.05, 0.1) is 17.8 Å². The predicted octanol–water partition coefficient (Wildman–Crippen LogP) is 1.75. The van der Waals surface area contributed by atoms with E-state index in [-0.39, 0.29) is 6.04 Å². The summed E-state index contributed by atoms with van der Waals surface area (Å²) in [6, 6.07) is 0.263. The summed E-state index contributed by atoms with van der Waals surface area (Å²) < 4.78 is 1.81. The molecule has 1 aromatic rings. The first-order valence-corrected chi connectivity index (χ1v) is 4.23. The minimum Gasteiger partial charge on any atom is -0.298 e. The van der Waals surface area contributed by atoms with Crippen molar-refractivity contribution in [3.05, 3.63) is 42.3 Å². The standard InChI is InChI=1S/C10H10N2O/c13-8-9-6-11-12(7-9)10-4-2-1-3-5-10/h1-4,6-8,10H,5H2. The Morgan fingerprint density at radius 1 is 1.54 bits per heavy atom. The van der Waals surface area contributed by atoms with Crippen LogP contribution in [0.15, 0.2) is 36.7 Å². The lowest BCUT2D eigenvalue weighted by molar-refractivity contribution is 0.112. The maximum atomic E-state index is 10.4. The zero-order valence-corrected chi connectivity index (χ0v) is 7.13. The number of hydrogen-bond donors (Lipinski definition) is 0. The summed E-state index contributed by atoms with van der Waals surface area (Å²) >= 11 is 0. The highest BCUT2D eigenvalue weighted by Crippen LogP contribution is 2.16. The Morgan fingerprint density at radius 3 is 3.08 bits per heavy atom. The van der Waals surface area contributed by atoms with Gasteiger partial charge in [0.1, 0.15) is 0 Å². The van der Waals surface area contributed by atoms with Crippen LogP contribution in [0.1, 0.15) is 22.8 Å². The van der Waals surface area contributed by atoms with E-state index in [4.69, 9.17) is 0 Å². The van der Waals surface area contributed by atoms with Crippen LogP contribution < -0.4 is 0 Å². The number of rotatable bonds is 2. The Morgan fingerprint density at radius 2 is 2.46 bits per heavy atom. The average Bonchev–Trinajstić information content (AvgIpc) is 2.67. The molecule has 0 radical (unpaired) electrons. The first-order valence-electron chi connectivity index (χ1n) is 4.23.